The van der Waals surface area contributed by atoms with Crippen molar-refractivity contribution in [3.8, 4) is 11.5 Å². The molecule has 3 rings (SSSR count). The van der Waals surface area contributed by atoms with Gasteiger partial charge in [0, 0.05) is 6.20 Å². The zero-order valence-corrected chi connectivity index (χ0v) is 15.2. The summed E-state index contributed by atoms with van der Waals surface area (Å²) in [5.74, 6) is -0.371. The van der Waals surface area contributed by atoms with Gasteiger partial charge in [-0.05, 0) is 79.3 Å². The number of hydrogen-bond acceptors (Lipinski definition) is 4. The van der Waals surface area contributed by atoms with Crippen LogP contribution in [0.25, 0.3) is 0 Å². The van der Waals surface area contributed by atoms with Crippen LogP contribution in [0.2, 0.25) is 0 Å². The van der Waals surface area contributed by atoms with Gasteiger partial charge >= 0.3 is 5.97 Å². The van der Waals surface area contributed by atoms with Crippen molar-refractivity contribution < 1.29 is 19.0 Å². The molecule has 138 valence electrons. The monoisotopic (exact) mass is 365 g/mol. The molecule has 0 radical (unpaired) electrons. The lowest BCUT2D eigenvalue weighted by Crippen LogP contribution is -2.10. The molecule has 0 amide bonds. The Labute approximate surface area is 157 Å². The van der Waals surface area contributed by atoms with Gasteiger partial charge in [0.2, 0.25) is 0 Å². The highest BCUT2D eigenvalue weighted by Crippen LogP contribution is 2.23. The largest absolute Gasteiger partial charge is 0.507 e. The second-order valence-corrected chi connectivity index (χ2v) is 6.47. The van der Waals surface area contributed by atoms with Gasteiger partial charge in [0.1, 0.15) is 23.0 Å². The van der Waals surface area contributed by atoms with Crippen molar-refractivity contribution in [3.63, 3.8) is 0 Å². The zero-order chi connectivity index (χ0) is 19.4. The van der Waals surface area contributed by atoms with E-state index >= 15 is 0 Å². The molecular weight excluding hydrogens is 345 g/mol. The number of carbonyl (C=O) groups is 1. The van der Waals surface area contributed by atoms with Crippen LogP contribution in [0.15, 0.2) is 54.7 Å². The maximum absolute atomic E-state index is 12.9. The molecule has 1 heterocycles. The molecule has 0 unspecified atom stereocenters. The lowest BCUT2D eigenvalue weighted by molar-refractivity contribution is 0.0728. The molecule has 3 aromatic rings. The Morgan fingerprint density at radius 2 is 1.63 bits per heavy atom. The van der Waals surface area contributed by atoms with E-state index in [4.69, 9.17) is 4.74 Å². The van der Waals surface area contributed by atoms with Gasteiger partial charge < -0.3 is 9.84 Å². The van der Waals surface area contributed by atoms with Crippen molar-refractivity contribution in [3.05, 3.63) is 88.5 Å². The van der Waals surface area contributed by atoms with E-state index in [2.05, 4.69) is 4.98 Å². The highest BCUT2D eigenvalue weighted by molar-refractivity contribution is 5.88. The predicted molar refractivity (Wildman–Crippen MR) is 101 cm³/mol. The second-order valence-electron chi connectivity index (χ2n) is 6.47. The van der Waals surface area contributed by atoms with Crippen LogP contribution in [0.1, 0.15) is 32.7 Å². The topological polar surface area (TPSA) is 59.4 Å². The van der Waals surface area contributed by atoms with E-state index in [-0.39, 0.29) is 11.4 Å². The molecule has 0 saturated heterocycles. The van der Waals surface area contributed by atoms with Crippen LogP contribution in [0.4, 0.5) is 4.39 Å². The molecule has 0 bridgehead atoms. The SMILES string of the molecule is Cc1cc(CCc2ccc(C(=O)Oc3ccc(F)cc3)nc2)cc(C)c1O. The first-order valence-corrected chi connectivity index (χ1v) is 8.64. The number of nitrogens with zero attached hydrogens (tertiary/aromatic N) is 1. The van der Waals surface area contributed by atoms with Crippen LogP contribution in [0.3, 0.4) is 0 Å². The van der Waals surface area contributed by atoms with Gasteiger partial charge in [0.25, 0.3) is 0 Å². The molecule has 5 heteroatoms. The van der Waals surface area contributed by atoms with E-state index < -0.39 is 11.8 Å². The van der Waals surface area contributed by atoms with Gasteiger partial charge in [0.05, 0.1) is 0 Å². The molecule has 1 aromatic heterocycles. The van der Waals surface area contributed by atoms with Crippen LogP contribution in [-0.4, -0.2) is 16.1 Å². The van der Waals surface area contributed by atoms with E-state index in [1.54, 1.807) is 12.3 Å². The summed E-state index contributed by atoms with van der Waals surface area (Å²) in [6.07, 6.45) is 3.23. The molecule has 0 saturated carbocycles. The number of esters is 1. The fraction of sp³-hybridized carbons (Fsp3) is 0.182. The number of benzene rings is 2. The fourth-order valence-electron chi connectivity index (χ4n) is 2.83. The molecular formula is C22H20FNO3. The molecule has 0 atom stereocenters. The van der Waals surface area contributed by atoms with Crippen molar-refractivity contribution in [1.29, 1.82) is 0 Å². The number of aryl methyl sites for hydroxylation is 4. The summed E-state index contributed by atoms with van der Waals surface area (Å²) < 4.78 is 18.1. The fourth-order valence-corrected chi connectivity index (χ4v) is 2.83. The minimum atomic E-state index is -0.585. The zero-order valence-electron chi connectivity index (χ0n) is 15.2. The summed E-state index contributed by atoms with van der Waals surface area (Å²) in [6, 6.07) is 12.7. The Bertz CT molecular complexity index is 927. The van der Waals surface area contributed by atoms with Crippen molar-refractivity contribution in [2.45, 2.75) is 26.7 Å². The normalized spacial score (nSPS) is 10.6. The highest BCUT2D eigenvalue weighted by Gasteiger charge is 2.11. The number of phenolic OH excluding ortho intramolecular Hbond substituents is 1. The quantitative estimate of drug-likeness (QED) is 0.532. The number of carbonyl (C=O) groups excluding carboxylic acids is 1. The Morgan fingerprint density at radius 3 is 2.22 bits per heavy atom. The van der Waals surface area contributed by atoms with Gasteiger partial charge in [0.15, 0.2) is 0 Å². The maximum atomic E-state index is 12.9. The molecule has 0 aliphatic heterocycles. The van der Waals surface area contributed by atoms with E-state index in [0.717, 1.165) is 35.1 Å². The van der Waals surface area contributed by atoms with E-state index in [9.17, 15) is 14.3 Å². The molecule has 2 aromatic carbocycles. The van der Waals surface area contributed by atoms with Crippen molar-refractivity contribution in [2.24, 2.45) is 0 Å². The summed E-state index contributed by atoms with van der Waals surface area (Å²) in [5, 5.41) is 9.85. The lowest BCUT2D eigenvalue weighted by Gasteiger charge is -2.08. The summed E-state index contributed by atoms with van der Waals surface area (Å²) in [6.45, 7) is 3.77. The average molecular weight is 365 g/mol. The van der Waals surface area contributed by atoms with Gasteiger partial charge in [-0.2, -0.15) is 0 Å². The summed E-state index contributed by atoms with van der Waals surface area (Å²) in [4.78, 5) is 16.3. The average Bonchev–Trinajstić information content (AvgIpc) is 2.66. The lowest BCUT2D eigenvalue weighted by atomic mass is 10.0. The number of ether oxygens (including phenoxy) is 1. The van der Waals surface area contributed by atoms with Crippen molar-refractivity contribution in [1.82, 2.24) is 4.98 Å². The first-order chi connectivity index (χ1) is 12.9. The minimum Gasteiger partial charge on any atom is -0.507 e. The number of hydrogen-bond donors (Lipinski definition) is 1. The van der Waals surface area contributed by atoms with Crippen LogP contribution in [0, 0.1) is 19.7 Å². The summed E-state index contributed by atoms with van der Waals surface area (Å²) in [5.41, 5.74) is 4.06. The smallest absolute Gasteiger partial charge is 0.362 e. The maximum Gasteiger partial charge on any atom is 0.362 e. The third-order valence-electron chi connectivity index (χ3n) is 4.31. The number of halogens is 1. The summed E-state index contributed by atoms with van der Waals surface area (Å²) >= 11 is 0. The molecule has 1 N–H and O–H groups in total. The standard InChI is InChI=1S/C22H20FNO3/c1-14-11-17(12-15(2)21(14)25)4-3-16-5-10-20(24-13-16)22(26)27-19-8-6-18(23)7-9-19/h5-13,25H,3-4H2,1-2H3. The predicted octanol–water partition coefficient (Wildman–Crippen LogP) is 4.55. The van der Waals surface area contributed by atoms with E-state index in [1.165, 1.54) is 24.3 Å². The number of pyridine rings is 1. The molecule has 0 fully saturated rings. The molecule has 4 nitrogen and oxygen atoms in total. The first kappa shape index (κ1) is 18.6. The van der Waals surface area contributed by atoms with E-state index in [1.807, 2.05) is 32.0 Å². The van der Waals surface area contributed by atoms with Gasteiger partial charge in [-0.25, -0.2) is 14.2 Å². The molecule has 0 aliphatic carbocycles. The third-order valence-corrected chi connectivity index (χ3v) is 4.31. The van der Waals surface area contributed by atoms with Gasteiger partial charge in [-0.3, -0.25) is 0 Å². The number of aromatic hydroxyl groups is 1. The Kier molecular flexibility index (Phi) is 5.50. The first-order valence-electron chi connectivity index (χ1n) is 8.64. The van der Waals surface area contributed by atoms with Crippen LogP contribution in [0.5, 0.6) is 11.5 Å². The molecule has 0 spiro atoms. The van der Waals surface area contributed by atoms with Crippen molar-refractivity contribution >= 4 is 5.97 Å². The Hall–Kier alpha value is -3.21. The number of aromatic nitrogens is 1. The van der Waals surface area contributed by atoms with Crippen LogP contribution < -0.4 is 4.74 Å². The van der Waals surface area contributed by atoms with Gasteiger partial charge in [-0.15, -0.1) is 0 Å². The van der Waals surface area contributed by atoms with Crippen LogP contribution >= 0.6 is 0 Å². The third kappa shape index (κ3) is 4.70. The van der Waals surface area contributed by atoms with Crippen molar-refractivity contribution in [2.75, 3.05) is 0 Å². The van der Waals surface area contributed by atoms with Gasteiger partial charge in [-0.1, -0.05) is 18.2 Å². The summed E-state index contributed by atoms with van der Waals surface area (Å²) in [7, 11) is 0. The Balaban J connectivity index is 1.61. The molecule has 0 aliphatic rings. The van der Waals surface area contributed by atoms with E-state index in [0.29, 0.717) is 5.75 Å². The second kappa shape index (κ2) is 7.99. The Morgan fingerprint density at radius 1 is 1.00 bits per heavy atom. The number of rotatable bonds is 5. The molecule has 27 heavy (non-hydrogen) atoms. The number of phenols is 1. The minimum absolute atomic E-state index is 0.194. The highest BCUT2D eigenvalue weighted by atomic mass is 19.1. The van der Waals surface area contributed by atoms with Crippen LogP contribution in [-0.2, 0) is 12.8 Å².